The van der Waals surface area contributed by atoms with Gasteiger partial charge >= 0.3 is 13.3 Å². The highest BCUT2D eigenvalue weighted by Gasteiger charge is 2.50. The van der Waals surface area contributed by atoms with Gasteiger partial charge in [-0.1, -0.05) is 12.1 Å². The molecule has 0 amide bonds. The highest BCUT2D eigenvalue weighted by Crippen LogP contribution is 2.37. The molecule has 1 aliphatic rings. The minimum absolute atomic E-state index is 0.0496. The van der Waals surface area contributed by atoms with Crippen LogP contribution in [0, 0.1) is 0 Å². The molecule has 28 heavy (non-hydrogen) atoms. The molecule has 9 heteroatoms. The lowest BCUT2D eigenvalue weighted by molar-refractivity contribution is -0.141. The zero-order valence-electron chi connectivity index (χ0n) is 16.6. The van der Waals surface area contributed by atoms with E-state index in [1.165, 1.54) is 0 Å². The predicted molar refractivity (Wildman–Crippen MR) is 99.5 cm³/mol. The number of aromatic nitrogens is 2. The second-order valence-corrected chi connectivity index (χ2v) is 7.77. The molecule has 0 saturated carbocycles. The van der Waals surface area contributed by atoms with Crippen LogP contribution in [-0.4, -0.2) is 34.7 Å². The van der Waals surface area contributed by atoms with Crippen molar-refractivity contribution in [2.45, 2.75) is 58.3 Å². The zero-order chi connectivity index (χ0) is 20.7. The molecule has 152 valence electrons. The van der Waals surface area contributed by atoms with E-state index in [0.29, 0.717) is 12.0 Å². The van der Waals surface area contributed by atoms with Crippen LogP contribution in [0.1, 0.15) is 45.9 Å². The van der Waals surface area contributed by atoms with Crippen molar-refractivity contribution in [1.82, 2.24) is 9.78 Å². The average Bonchev–Trinajstić information content (AvgIpc) is 3.07. The molecule has 1 aromatic heterocycles. The van der Waals surface area contributed by atoms with E-state index in [1.807, 2.05) is 39.8 Å². The Morgan fingerprint density at radius 3 is 2.14 bits per heavy atom. The van der Waals surface area contributed by atoms with Crippen LogP contribution in [0.4, 0.5) is 13.2 Å². The third-order valence-corrected chi connectivity index (χ3v) is 5.14. The first-order chi connectivity index (χ1) is 12.9. The van der Waals surface area contributed by atoms with E-state index < -0.39 is 23.1 Å². The van der Waals surface area contributed by atoms with Crippen LogP contribution in [-0.2, 0) is 21.8 Å². The quantitative estimate of drug-likeness (QED) is 0.700. The first kappa shape index (κ1) is 20.7. The van der Waals surface area contributed by atoms with Crippen LogP contribution in [0.5, 0.6) is 5.88 Å². The molecule has 2 aromatic rings. The summed E-state index contributed by atoms with van der Waals surface area (Å²) in [4.78, 5) is 0. The lowest BCUT2D eigenvalue weighted by Crippen LogP contribution is -2.41. The number of rotatable bonds is 5. The van der Waals surface area contributed by atoms with Crippen LogP contribution in [0.25, 0.3) is 5.69 Å². The molecule has 1 aliphatic heterocycles. The number of halogens is 3. The molecule has 0 N–H and O–H groups in total. The number of hydrogen-bond acceptors (Lipinski definition) is 4. The normalized spacial score (nSPS) is 18.5. The van der Waals surface area contributed by atoms with Crippen molar-refractivity contribution in [2.75, 3.05) is 6.61 Å². The van der Waals surface area contributed by atoms with E-state index in [-0.39, 0.29) is 19.6 Å². The smallest absolute Gasteiger partial charge is 0.462 e. The summed E-state index contributed by atoms with van der Waals surface area (Å²) in [5.74, 6) is 0.0496. The first-order valence-corrected chi connectivity index (χ1v) is 9.18. The summed E-state index contributed by atoms with van der Waals surface area (Å²) >= 11 is 0. The third kappa shape index (κ3) is 4.05. The summed E-state index contributed by atoms with van der Waals surface area (Å²) in [6, 6.07) is 7.96. The van der Waals surface area contributed by atoms with E-state index in [4.69, 9.17) is 14.0 Å². The number of hydrogen-bond donors (Lipinski definition) is 0. The Hall–Kier alpha value is -2.00. The number of nitrogens with zero attached hydrogens (tertiary/aromatic N) is 2. The van der Waals surface area contributed by atoms with Crippen molar-refractivity contribution in [3.8, 4) is 11.6 Å². The molecule has 0 spiro atoms. The van der Waals surface area contributed by atoms with Crippen molar-refractivity contribution >= 4 is 7.12 Å². The Morgan fingerprint density at radius 1 is 1.07 bits per heavy atom. The van der Waals surface area contributed by atoms with Crippen molar-refractivity contribution < 1.29 is 27.2 Å². The fraction of sp³-hybridized carbons (Fsp3) is 0.526. The number of alkyl halides is 3. The summed E-state index contributed by atoms with van der Waals surface area (Å²) < 4.78 is 57.4. The Labute approximate surface area is 162 Å². The van der Waals surface area contributed by atoms with E-state index in [2.05, 4.69) is 5.10 Å². The second-order valence-electron chi connectivity index (χ2n) is 7.77. The maximum Gasteiger partial charge on any atom is 0.462 e. The highest BCUT2D eigenvalue weighted by molar-refractivity contribution is 6.45. The predicted octanol–water partition coefficient (Wildman–Crippen LogP) is 4.46. The van der Waals surface area contributed by atoms with Gasteiger partial charge in [-0.2, -0.15) is 18.3 Å². The van der Waals surface area contributed by atoms with E-state index >= 15 is 0 Å². The second kappa shape index (κ2) is 7.11. The van der Waals surface area contributed by atoms with Gasteiger partial charge in [-0.05, 0) is 52.3 Å². The first-order valence-electron chi connectivity index (χ1n) is 9.18. The molecule has 0 radical (unpaired) electrons. The summed E-state index contributed by atoms with van der Waals surface area (Å²) in [7, 11) is -0.378. The molecule has 1 saturated heterocycles. The van der Waals surface area contributed by atoms with Gasteiger partial charge in [-0.25, -0.2) is 4.68 Å². The van der Waals surface area contributed by atoms with Crippen LogP contribution in [0.2, 0.25) is 0 Å². The molecule has 0 aliphatic carbocycles. The Kier molecular flexibility index (Phi) is 5.27. The maximum atomic E-state index is 13.0. The van der Waals surface area contributed by atoms with Crippen LogP contribution in [0.15, 0.2) is 30.3 Å². The van der Waals surface area contributed by atoms with Crippen LogP contribution in [0.3, 0.4) is 0 Å². The van der Waals surface area contributed by atoms with Crippen molar-refractivity contribution in [1.29, 1.82) is 0 Å². The fourth-order valence-electron chi connectivity index (χ4n) is 2.95. The largest absolute Gasteiger partial charge is 0.478 e. The van der Waals surface area contributed by atoms with E-state index in [0.717, 1.165) is 16.3 Å². The maximum absolute atomic E-state index is 13.0. The van der Waals surface area contributed by atoms with E-state index in [1.54, 1.807) is 19.1 Å². The molecule has 0 atom stereocenters. The third-order valence-electron chi connectivity index (χ3n) is 5.14. The molecule has 5 nitrogen and oxygen atoms in total. The molecular weight excluding hydrogens is 372 g/mol. The Morgan fingerprint density at radius 2 is 1.64 bits per heavy atom. The van der Waals surface area contributed by atoms with Crippen molar-refractivity contribution in [2.24, 2.45) is 0 Å². The molecule has 0 unspecified atom stereocenters. The summed E-state index contributed by atoms with van der Waals surface area (Å²) in [6.45, 7) is 9.90. The van der Waals surface area contributed by atoms with Gasteiger partial charge in [0.2, 0.25) is 5.88 Å². The standard InChI is InChI=1S/C19H24BF3N2O3/c1-6-26-16-11-15(19(21,22)23)24-25(16)14-9-7-13(8-10-14)12-20-27-17(2,3)18(4,5)28-20/h7-11H,6,12H2,1-5H3. The highest BCUT2D eigenvalue weighted by atomic mass is 19.4. The van der Waals surface area contributed by atoms with Gasteiger partial charge in [0.15, 0.2) is 5.69 Å². The lowest BCUT2D eigenvalue weighted by Gasteiger charge is -2.32. The summed E-state index contributed by atoms with van der Waals surface area (Å²) in [6.07, 6.45) is -3.99. The SMILES string of the molecule is CCOc1cc(C(F)(F)F)nn1-c1ccc(CB2OC(C)(C)C(C)(C)O2)cc1. The molecule has 2 heterocycles. The molecular formula is C19H24BF3N2O3. The van der Waals surface area contributed by atoms with Crippen LogP contribution >= 0.6 is 0 Å². The van der Waals surface area contributed by atoms with Crippen molar-refractivity contribution in [3.63, 3.8) is 0 Å². The molecule has 3 rings (SSSR count). The van der Waals surface area contributed by atoms with Gasteiger partial charge in [0, 0.05) is 12.4 Å². The topological polar surface area (TPSA) is 45.5 Å². The molecule has 1 fully saturated rings. The zero-order valence-corrected chi connectivity index (χ0v) is 16.6. The number of ether oxygens (including phenoxy) is 1. The van der Waals surface area contributed by atoms with Gasteiger partial charge in [-0.15, -0.1) is 0 Å². The lowest BCUT2D eigenvalue weighted by atomic mass is 9.81. The summed E-state index contributed by atoms with van der Waals surface area (Å²) in [5.41, 5.74) is -0.377. The minimum atomic E-state index is -4.53. The number of benzene rings is 1. The average molecular weight is 396 g/mol. The Bertz CT molecular complexity index is 816. The fourth-order valence-corrected chi connectivity index (χ4v) is 2.95. The molecule has 1 aromatic carbocycles. The Balaban J connectivity index is 1.79. The molecule has 0 bridgehead atoms. The van der Waals surface area contributed by atoms with Gasteiger partial charge in [-0.3, -0.25) is 0 Å². The van der Waals surface area contributed by atoms with E-state index in [9.17, 15) is 13.2 Å². The summed E-state index contributed by atoms with van der Waals surface area (Å²) in [5, 5.41) is 3.66. The van der Waals surface area contributed by atoms with Gasteiger partial charge in [0.1, 0.15) is 0 Å². The van der Waals surface area contributed by atoms with Gasteiger partial charge in [0.25, 0.3) is 0 Å². The minimum Gasteiger partial charge on any atom is -0.478 e. The van der Waals surface area contributed by atoms with Gasteiger partial charge in [0.05, 0.1) is 23.5 Å². The van der Waals surface area contributed by atoms with Crippen LogP contribution < -0.4 is 4.74 Å². The van der Waals surface area contributed by atoms with Gasteiger partial charge < -0.3 is 14.0 Å². The van der Waals surface area contributed by atoms with Crippen molar-refractivity contribution in [3.05, 3.63) is 41.6 Å². The monoisotopic (exact) mass is 396 g/mol.